The number of carbonyl (C=O) groups is 2. The number of aliphatic hydroxyl groups is 1. The van der Waals surface area contributed by atoms with Crippen molar-refractivity contribution in [2.75, 3.05) is 12.0 Å². The number of amides is 1. The molecule has 1 fully saturated rings. The van der Waals surface area contributed by atoms with Gasteiger partial charge in [0, 0.05) is 14.9 Å². The van der Waals surface area contributed by atoms with Crippen molar-refractivity contribution in [1.29, 1.82) is 0 Å². The third kappa shape index (κ3) is 3.77. The number of anilines is 1. The number of hydrogen-bond acceptors (Lipinski definition) is 6. The number of benzene rings is 2. The maximum Gasteiger partial charge on any atom is 0.301 e. The Balaban J connectivity index is 1.92. The summed E-state index contributed by atoms with van der Waals surface area (Å²) >= 11 is 4.76. The van der Waals surface area contributed by atoms with Gasteiger partial charge in [-0.2, -0.15) is 0 Å². The maximum absolute atomic E-state index is 13.1. The Bertz CT molecular complexity index is 1180. The van der Waals surface area contributed by atoms with E-state index in [2.05, 4.69) is 20.9 Å². The summed E-state index contributed by atoms with van der Waals surface area (Å²) in [6, 6.07) is 13.2. The summed E-state index contributed by atoms with van der Waals surface area (Å²) in [4.78, 5) is 33.0. The van der Waals surface area contributed by atoms with Crippen molar-refractivity contribution in [2.24, 2.45) is 0 Å². The number of methoxy groups -OCH3 is 1. The van der Waals surface area contributed by atoms with Crippen LogP contribution in [0.3, 0.4) is 0 Å². The zero-order valence-corrected chi connectivity index (χ0v) is 19.5. The van der Waals surface area contributed by atoms with Crippen molar-refractivity contribution in [3.05, 3.63) is 80.3 Å². The average molecular weight is 499 g/mol. The lowest BCUT2D eigenvalue weighted by molar-refractivity contribution is -0.132. The zero-order chi connectivity index (χ0) is 22.3. The van der Waals surface area contributed by atoms with E-state index >= 15 is 0 Å². The minimum Gasteiger partial charge on any atom is -0.507 e. The number of ketones is 1. The van der Waals surface area contributed by atoms with Gasteiger partial charge in [-0.15, -0.1) is 11.3 Å². The molecule has 0 unspecified atom stereocenters. The third-order valence-corrected chi connectivity index (χ3v) is 6.82. The van der Waals surface area contributed by atoms with Crippen LogP contribution in [0, 0.1) is 13.8 Å². The fourth-order valence-electron chi connectivity index (χ4n) is 3.45. The molecule has 1 aromatic heterocycles. The van der Waals surface area contributed by atoms with Gasteiger partial charge in [0.05, 0.1) is 24.4 Å². The molecule has 6 nitrogen and oxygen atoms in total. The van der Waals surface area contributed by atoms with E-state index in [-0.39, 0.29) is 11.3 Å². The lowest BCUT2D eigenvalue weighted by atomic mass is 9.95. The molecule has 158 valence electrons. The molecule has 0 radical (unpaired) electrons. The summed E-state index contributed by atoms with van der Waals surface area (Å²) in [5, 5.41) is 11.5. The monoisotopic (exact) mass is 498 g/mol. The van der Waals surface area contributed by atoms with E-state index in [4.69, 9.17) is 4.74 Å². The van der Waals surface area contributed by atoms with Crippen molar-refractivity contribution in [3.63, 3.8) is 0 Å². The van der Waals surface area contributed by atoms with Crippen LogP contribution in [0.2, 0.25) is 0 Å². The minimum absolute atomic E-state index is 0.0306. The first-order valence-electron chi connectivity index (χ1n) is 9.46. The molecule has 1 aliphatic heterocycles. The van der Waals surface area contributed by atoms with E-state index in [0.29, 0.717) is 22.0 Å². The van der Waals surface area contributed by atoms with Crippen LogP contribution in [0.5, 0.6) is 5.75 Å². The molecule has 0 bridgehead atoms. The Hall–Kier alpha value is -2.97. The number of thiazole rings is 1. The SMILES string of the molecule is COc1ccc(C(O)=C2C(=O)C(=O)N(c3nc(C)c(C)s3)[C@H]2c2ccc(Br)cc2)cc1. The summed E-state index contributed by atoms with van der Waals surface area (Å²) in [5.74, 6) is -1.07. The van der Waals surface area contributed by atoms with Crippen LogP contribution in [0.15, 0.2) is 58.6 Å². The highest BCUT2D eigenvalue weighted by molar-refractivity contribution is 9.10. The van der Waals surface area contributed by atoms with Gasteiger partial charge in [-0.25, -0.2) is 4.98 Å². The number of rotatable bonds is 4. The molecule has 1 N–H and O–H groups in total. The third-order valence-electron chi connectivity index (χ3n) is 5.22. The van der Waals surface area contributed by atoms with Gasteiger partial charge >= 0.3 is 5.91 Å². The van der Waals surface area contributed by atoms with E-state index in [9.17, 15) is 14.7 Å². The van der Waals surface area contributed by atoms with Crippen LogP contribution in [0.1, 0.15) is 27.7 Å². The molecular formula is C23H19BrN2O4S. The quantitative estimate of drug-likeness (QED) is 0.305. The van der Waals surface area contributed by atoms with E-state index in [1.54, 1.807) is 31.4 Å². The largest absolute Gasteiger partial charge is 0.507 e. The van der Waals surface area contributed by atoms with E-state index in [0.717, 1.165) is 15.0 Å². The van der Waals surface area contributed by atoms with Gasteiger partial charge < -0.3 is 9.84 Å². The van der Waals surface area contributed by atoms with Gasteiger partial charge in [0.15, 0.2) is 5.13 Å². The Labute approximate surface area is 191 Å². The summed E-state index contributed by atoms with van der Waals surface area (Å²) in [7, 11) is 1.55. The van der Waals surface area contributed by atoms with Crippen molar-refractivity contribution in [1.82, 2.24) is 4.98 Å². The molecule has 2 heterocycles. The zero-order valence-electron chi connectivity index (χ0n) is 17.0. The van der Waals surface area contributed by atoms with E-state index < -0.39 is 17.7 Å². The van der Waals surface area contributed by atoms with Gasteiger partial charge in [0.25, 0.3) is 5.78 Å². The normalized spacial score (nSPS) is 17.9. The summed E-state index contributed by atoms with van der Waals surface area (Å²) < 4.78 is 6.03. The number of halogens is 1. The highest BCUT2D eigenvalue weighted by Crippen LogP contribution is 2.44. The number of Topliss-reactive ketones (excluding diaryl/α,β-unsaturated/α-hetero) is 1. The van der Waals surface area contributed by atoms with Crippen LogP contribution in [0.4, 0.5) is 5.13 Å². The second kappa shape index (κ2) is 8.28. The number of hydrogen-bond donors (Lipinski definition) is 1. The predicted molar refractivity (Wildman–Crippen MR) is 124 cm³/mol. The Kier molecular flexibility index (Phi) is 5.68. The standard InChI is InChI=1S/C23H19BrN2O4S/c1-12-13(2)31-23(25-12)26-19(14-4-8-16(24)9-5-14)18(21(28)22(26)29)20(27)15-6-10-17(30-3)11-7-15/h4-11,19,27H,1-3H3/t19-/m0/s1. The fraction of sp³-hybridized carbons (Fsp3) is 0.174. The molecule has 2 aromatic carbocycles. The van der Waals surface area contributed by atoms with Crippen LogP contribution in [-0.2, 0) is 9.59 Å². The highest BCUT2D eigenvalue weighted by atomic mass is 79.9. The number of nitrogens with zero attached hydrogens (tertiary/aromatic N) is 2. The topological polar surface area (TPSA) is 79.7 Å². The van der Waals surface area contributed by atoms with E-state index in [1.807, 2.05) is 38.1 Å². The second-order valence-corrected chi connectivity index (χ2v) is 9.18. The molecule has 31 heavy (non-hydrogen) atoms. The molecule has 1 amide bonds. The first-order valence-corrected chi connectivity index (χ1v) is 11.1. The molecule has 1 aliphatic rings. The molecule has 8 heteroatoms. The number of carbonyl (C=O) groups excluding carboxylic acids is 2. The Morgan fingerprint density at radius 1 is 1.10 bits per heavy atom. The lowest BCUT2D eigenvalue weighted by Crippen LogP contribution is -2.29. The fourth-order valence-corrected chi connectivity index (χ4v) is 4.65. The van der Waals surface area contributed by atoms with Crippen LogP contribution in [0.25, 0.3) is 5.76 Å². The predicted octanol–water partition coefficient (Wildman–Crippen LogP) is 5.16. The first kappa shape index (κ1) is 21.3. The van der Waals surface area contributed by atoms with Crippen LogP contribution in [-0.4, -0.2) is 28.9 Å². The molecule has 1 atom stereocenters. The molecule has 0 saturated carbocycles. The van der Waals surface area contributed by atoms with E-state index in [1.165, 1.54) is 16.2 Å². The smallest absolute Gasteiger partial charge is 0.301 e. The molecule has 0 spiro atoms. The van der Waals surface area contributed by atoms with Crippen LogP contribution >= 0.6 is 27.3 Å². The van der Waals surface area contributed by atoms with Crippen molar-refractivity contribution >= 4 is 49.8 Å². The summed E-state index contributed by atoms with van der Waals surface area (Å²) in [6.07, 6.45) is 0. The number of aromatic nitrogens is 1. The second-order valence-electron chi connectivity index (χ2n) is 7.09. The van der Waals surface area contributed by atoms with Gasteiger partial charge in [-0.3, -0.25) is 14.5 Å². The number of ether oxygens (including phenoxy) is 1. The molecular weight excluding hydrogens is 480 g/mol. The number of aryl methyl sites for hydroxylation is 2. The molecule has 3 aromatic rings. The first-order chi connectivity index (χ1) is 14.8. The maximum atomic E-state index is 13.1. The Morgan fingerprint density at radius 2 is 1.74 bits per heavy atom. The minimum atomic E-state index is -0.792. The summed E-state index contributed by atoms with van der Waals surface area (Å²) in [6.45, 7) is 3.77. The highest BCUT2D eigenvalue weighted by Gasteiger charge is 2.48. The summed E-state index contributed by atoms with van der Waals surface area (Å²) in [5.41, 5.74) is 1.95. The van der Waals surface area contributed by atoms with Crippen molar-refractivity contribution in [3.8, 4) is 5.75 Å². The van der Waals surface area contributed by atoms with Gasteiger partial charge in [-0.1, -0.05) is 28.1 Å². The van der Waals surface area contributed by atoms with Gasteiger partial charge in [0.1, 0.15) is 11.5 Å². The lowest BCUT2D eigenvalue weighted by Gasteiger charge is -2.23. The van der Waals surface area contributed by atoms with Crippen molar-refractivity contribution in [2.45, 2.75) is 19.9 Å². The molecule has 4 rings (SSSR count). The van der Waals surface area contributed by atoms with Gasteiger partial charge in [-0.05, 0) is 55.8 Å². The molecule has 0 aliphatic carbocycles. The van der Waals surface area contributed by atoms with Gasteiger partial charge in [0.2, 0.25) is 0 Å². The average Bonchev–Trinajstić information content (AvgIpc) is 3.23. The van der Waals surface area contributed by atoms with Crippen molar-refractivity contribution < 1.29 is 19.4 Å². The van der Waals surface area contributed by atoms with Crippen LogP contribution < -0.4 is 9.64 Å². The number of aliphatic hydroxyl groups excluding tert-OH is 1. The molecule has 1 saturated heterocycles. The Morgan fingerprint density at radius 3 is 2.29 bits per heavy atom.